The zero-order chi connectivity index (χ0) is 13.5. The number of nitrogens with zero attached hydrogens (tertiary/aromatic N) is 2. The number of nitrogen functional groups attached to an aromatic ring is 1. The van der Waals surface area contributed by atoms with Crippen LogP contribution >= 0.6 is 0 Å². The lowest BCUT2D eigenvalue weighted by molar-refractivity contribution is 0.0808. The van der Waals surface area contributed by atoms with Gasteiger partial charge >= 0.3 is 0 Å². The molecular weight excluding hydrogens is 238 g/mol. The molecule has 4 heteroatoms. The van der Waals surface area contributed by atoms with Gasteiger partial charge in [0, 0.05) is 26.1 Å². The normalized spacial score (nSPS) is 16.5. The van der Waals surface area contributed by atoms with Crippen molar-refractivity contribution in [2.45, 2.75) is 24.9 Å². The van der Waals surface area contributed by atoms with Gasteiger partial charge in [0.15, 0.2) is 0 Å². The van der Waals surface area contributed by atoms with Crippen LogP contribution in [0.15, 0.2) is 30.5 Å². The maximum Gasteiger partial charge on any atom is 0.129 e. The third kappa shape index (κ3) is 2.24. The molecule has 1 aliphatic rings. The van der Waals surface area contributed by atoms with Gasteiger partial charge in [-0.1, -0.05) is 24.3 Å². The van der Waals surface area contributed by atoms with Gasteiger partial charge in [-0.15, -0.1) is 0 Å². The van der Waals surface area contributed by atoms with Crippen molar-refractivity contribution in [1.82, 2.24) is 9.78 Å². The average molecular weight is 257 g/mol. The van der Waals surface area contributed by atoms with Crippen molar-refractivity contribution in [2.24, 2.45) is 7.05 Å². The highest BCUT2D eigenvalue weighted by Gasteiger charge is 2.42. The minimum absolute atomic E-state index is 0.0824. The van der Waals surface area contributed by atoms with Crippen LogP contribution in [0.25, 0.3) is 11.1 Å². The molecule has 0 radical (unpaired) electrons. The highest BCUT2D eigenvalue weighted by Crippen LogP contribution is 2.42. The van der Waals surface area contributed by atoms with Crippen LogP contribution in [-0.4, -0.2) is 22.5 Å². The first-order chi connectivity index (χ1) is 9.13. The lowest BCUT2D eigenvalue weighted by Crippen LogP contribution is -2.14. The number of methoxy groups -OCH3 is 1. The summed E-state index contributed by atoms with van der Waals surface area (Å²) in [7, 11) is 3.66. The predicted molar refractivity (Wildman–Crippen MR) is 75.7 cm³/mol. The molecule has 1 aliphatic carbocycles. The average Bonchev–Trinajstić information content (AvgIpc) is 3.11. The van der Waals surface area contributed by atoms with Crippen molar-refractivity contribution in [2.75, 3.05) is 12.8 Å². The summed E-state index contributed by atoms with van der Waals surface area (Å²) < 4.78 is 7.28. The topological polar surface area (TPSA) is 53.1 Å². The van der Waals surface area contributed by atoms with Crippen LogP contribution < -0.4 is 5.73 Å². The van der Waals surface area contributed by atoms with E-state index in [0.717, 1.165) is 30.4 Å². The van der Waals surface area contributed by atoms with E-state index in [1.54, 1.807) is 11.8 Å². The summed E-state index contributed by atoms with van der Waals surface area (Å²) in [5, 5.41) is 4.19. The first-order valence-corrected chi connectivity index (χ1v) is 6.55. The van der Waals surface area contributed by atoms with Gasteiger partial charge in [0.2, 0.25) is 0 Å². The zero-order valence-corrected chi connectivity index (χ0v) is 11.4. The number of benzene rings is 1. The van der Waals surface area contributed by atoms with E-state index in [4.69, 9.17) is 10.5 Å². The lowest BCUT2D eigenvalue weighted by Gasteiger charge is -2.13. The fraction of sp³-hybridized carbons (Fsp3) is 0.400. The summed E-state index contributed by atoms with van der Waals surface area (Å²) in [6.45, 7) is 0. The molecule has 0 saturated heterocycles. The molecule has 0 atom stereocenters. The lowest BCUT2D eigenvalue weighted by atomic mass is 10.0. The van der Waals surface area contributed by atoms with E-state index < -0.39 is 0 Å². The number of hydrogen-bond acceptors (Lipinski definition) is 3. The second-order valence-electron chi connectivity index (χ2n) is 5.33. The van der Waals surface area contributed by atoms with Gasteiger partial charge in [0.1, 0.15) is 5.82 Å². The third-order valence-corrected chi connectivity index (χ3v) is 3.99. The summed E-state index contributed by atoms with van der Waals surface area (Å²) in [6.07, 6.45) is 5.10. The SMILES string of the molecule is COC1(Cc2cccc(-c3cnn(C)c3N)c2)CC1. The van der Waals surface area contributed by atoms with Gasteiger partial charge in [-0.25, -0.2) is 0 Å². The van der Waals surface area contributed by atoms with E-state index in [1.807, 2.05) is 13.2 Å². The Morgan fingerprint density at radius 1 is 1.42 bits per heavy atom. The van der Waals surface area contributed by atoms with Gasteiger partial charge in [-0.3, -0.25) is 4.68 Å². The molecule has 0 unspecified atom stereocenters. The van der Waals surface area contributed by atoms with Gasteiger partial charge in [0.05, 0.1) is 11.8 Å². The van der Waals surface area contributed by atoms with Crippen LogP contribution in [0.5, 0.6) is 0 Å². The third-order valence-electron chi connectivity index (χ3n) is 3.99. The van der Waals surface area contributed by atoms with Crippen LogP contribution in [0.4, 0.5) is 5.82 Å². The van der Waals surface area contributed by atoms with E-state index in [9.17, 15) is 0 Å². The van der Waals surface area contributed by atoms with Crippen molar-refractivity contribution < 1.29 is 4.74 Å². The Bertz CT molecular complexity index is 599. The first kappa shape index (κ1) is 12.2. The van der Waals surface area contributed by atoms with E-state index >= 15 is 0 Å². The summed E-state index contributed by atoms with van der Waals surface area (Å²) in [6, 6.07) is 8.48. The molecule has 1 aromatic heterocycles. The molecule has 1 heterocycles. The Morgan fingerprint density at radius 2 is 2.21 bits per heavy atom. The van der Waals surface area contributed by atoms with Crippen molar-refractivity contribution in [3.05, 3.63) is 36.0 Å². The van der Waals surface area contributed by atoms with E-state index in [0.29, 0.717) is 5.82 Å². The minimum atomic E-state index is 0.0824. The molecule has 2 N–H and O–H groups in total. The number of anilines is 1. The van der Waals surface area contributed by atoms with Crippen LogP contribution in [-0.2, 0) is 18.2 Å². The van der Waals surface area contributed by atoms with Gasteiger partial charge < -0.3 is 10.5 Å². The monoisotopic (exact) mass is 257 g/mol. The molecule has 1 saturated carbocycles. The number of ether oxygens (including phenoxy) is 1. The highest BCUT2D eigenvalue weighted by atomic mass is 16.5. The van der Waals surface area contributed by atoms with Crippen molar-refractivity contribution in [1.29, 1.82) is 0 Å². The number of rotatable bonds is 4. The number of hydrogen-bond donors (Lipinski definition) is 1. The largest absolute Gasteiger partial charge is 0.383 e. The fourth-order valence-corrected chi connectivity index (χ4v) is 2.48. The van der Waals surface area contributed by atoms with Crippen LogP contribution in [0.1, 0.15) is 18.4 Å². The van der Waals surface area contributed by atoms with Gasteiger partial charge in [-0.05, 0) is 24.0 Å². The molecule has 0 amide bonds. The maximum absolute atomic E-state index is 6.03. The Labute approximate surface area is 113 Å². The Morgan fingerprint density at radius 3 is 2.79 bits per heavy atom. The number of aromatic nitrogens is 2. The smallest absolute Gasteiger partial charge is 0.129 e. The highest BCUT2D eigenvalue weighted by molar-refractivity contribution is 5.73. The molecule has 0 bridgehead atoms. The molecule has 4 nitrogen and oxygen atoms in total. The molecule has 0 spiro atoms. The Balaban J connectivity index is 1.90. The van der Waals surface area contributed by atoms with Gasteiger partial charge in [-0.2, -0.15) is 5.10 Å². The molecule has 100 valence electrons. The Kier molecular flexibility index (Phi) is 2.82. The minimum Gasteiger partial charge on any atom is -0.383 e. The molecule has 0 aliphatic heterocycles. The summed E-state index contributed by atoms with van der Waals surface area (Å²) in [4.78, 5) is 0. The number of nitrogens with two attached hydrogens (primary N) is 1. The standard InChI is InChI=1S/C15H19N3O/c1-18-14(16)13(10-17-18)12-5-3-4-11(8-12)9-15(19-2)6-7-15/h3-5,8,10H,6-7,9,16H2,1-2H3. The molecule has 2 aromatic rings. The maximum atomic E-state index is 6.03. The van der Waals surface area contributed by atoms with E-state index in [1.165, 1.54) is 5.56 Å². The first-order valence-electron chi connectivity index (χ1n) is 6.55. The predicted octanol–water partition coefficient (Wildman–Crippen LogP) is 2.39. The van der Waals surface area contributed by atoms with Crippen LogP contribution in [0, 0.1) is 0 Å². The second-order valence-corrected chi connectivity index (χ2v) is 5.33. The molecular formula is C15H19N3O. The van der Waals surface area contributed by atoms with E-state index in [2.05, 4.69) is 29.4 Å². The quantitative estimate of drug-likeness (QED) is 0.915. The van der Waals surface area contributed by atoms with Crippen molar-refractivity contribution in [3.63, 3.8) is 0 Å². The summed E-state index contributed by atoms with van der Waals surface area (Å²) in [5.74, 6) is 0.699. The van der Waals surface area contributed by atoms with Crippen molar-refractivity contribution >= 4 is 5.82 Å². The fourth-order valence-electron chi connectivity index (χ4n) is 2.48. The molecule has 1 aromatic carbocycles. The van der Waals surface area contributed by atoms with Crippen LogP contribution in [0.3, 0.4) is 0 Å². The molecule has 19 heavy (non-hydrogen) atoms. The number of aryl methyl sites for hydroxylation is 1. The van der Waals surface area contributed by atoms with Crippen LogP contribution in [0.2, 0.25) is 0 Å². The molecule has 3 rings (SSSR count). The molecule has 1 fully saturated rings. The summed E-state index contributed by atoms with van der Waals surface area (Å²) >= 11 is 0. The summed E-state index contributed by atoms with van der Waals surface area (Å²) in [5.41, 5.74) is 9.51. The van der Waals surface area contributed by atoms with Crippen molar-refractivity contribution in [3.8, 4) is 11.1 Å². The second kappa shape index (κ2) is 4.38. The van der Waals surface area contributed by atoms with E-state index in [-0.39, 0.29) is 5.60 Å². The Hall–Kier alpha value is -1.81. The van der Waals surface area contributed by atoms with Gasteiger partial charge in [0.25, 0.3) is 0 Å². The zero-order valence-electron chi connectivity index (χ0n) is 11.4.